The molecular formula is C21H20ClN3O3. The van der Waals surface area contributed by atoms with Gasteiger partial charge in [-0.3, -0.25) is 14.4 Å². The van der Waals surface area contributed by atoms with Crippen LogP contribution in [0.2, 0.25) is 5.02 Å². The van der Waals surface area contributed by atoms with E-state index in [-0.39, 0.29) is 24.1 Å². The van der Waals surface area contributed by atoms with Crippen LogP contribution in [0.1, 0.15) is 19.3 Å². The molecule has 0 unspecified atom stereocenters. The number of anilines is 3. The molecule has 4 rings (SSSR count). The molecule has 6 nitrogen and oxygen atoms in total. The van der Waals surface area contributed by atoms with Crippen molar-refractivity contribution in [3.05, 3.63) is 53.6 Å². The smallest absolute Gasteiger partial charge is 0.229 e. The highest BCUT2D eigenvalue weighted by Gasteiger charge is 2.36. The van der Waals surface area contributed by atoms with Crippen LogP contribution >= 0.6 is 11.6 Å². The highest BCUT2D eigenvalue weighted by Crippen LogP contribution is 2.32. The average Bonchev–Trinajstić information content (AvgIpc) is 3.28. The molecule has 7 heteroatoms. The first kappa shape index (κ1) is 18.5. The molecule has 1 N–H and O–H groups in total. The summed E-state index contributed by atoms with van der Waals surface area (Å²) in [5.74, 6) is -0.696. The van der Waals surface area contributed by atoms with Crippen molar-refractivity contribution in [2.45, 2.75) is 19.3 Å². The van der Waals surface area contributed by atoms with Crippen molar-refractivity contribution in [1.29, 1.82) is 0 Å². The van der Waals surface area contributed by atoms with E-state index < -0.39 is 5.92 Å². The van der Waals surface area contributed by atoms with Gasteiger partial charge in [0.15, 0.2) is 0 Å². The summed E-state index contributed by atoms with van der Waals surface area (Å²) >= 11 is 6.19. The molecule has 0 aromatic heterocycles. The third-order valence-corrected chi connectivity index (χ3v) is 5.46. The Morgan fingerprint density at radius 1 is 1.04 bits per heavy atom. The first-order valence-electron chi connectivity index (χ1n) is 9.29. The lowest BCUT2D eigenvalue weighted by Gasteiger charge is -2.19. The molecule has 0 aliphatic carbocycles. The van der Waals surface area contributed by atoms with Gasteiger partial charge in [0.2, 0.25) is 17.7 Å². The van der Waals surface area contributed by atoms with E-state index >= 15 is 0 Å². The molecule has 2 aromatic rings. The van der Waals surface area contributed by atoms with Gasteiger partial charge in [-0.2, -0.15) is 0 Å². The number of halogens is 1. The number of hydrogen-bond acceptors (Lipinski definition) is 3. The fraction of sp³-hybridized carbons (Fsp3) is 0.286. The van der Waals surface area contributed by atoms with Gasteiger partial charge in [0.05, 0.1) is 16.6 Å². The predicted octanol–water partition coefficient (Wildman–Crippen LogP) is 3.46. The van der Waals surface area contributed by atoms with Gasteiger partial charge < -0.3 is 15.1 Å². The van der Waals surface area contributed by atoms with Crippen LogP contribution in [0.15, 0.2) is 48.5 Å². The van der Waals surface area contributed by atoms with E-state index in [0.29, 0.717) is 35.9 Å². The van der Waals surface area contributed by atoms with Crippen LogP contribution in [-0.2, 0) is 14.4 Å². The zero-order valence-electron chi connectivity index (χ0n) is 15.2. The lowest BCUT2D eigenvalue weighted by atomic mass is 10.1. The van der Waals surface area contributed by atoms with E-state index in [1.54, 1.807) is 40.1 Å². The third-order valence-electron chi connectivity index (χ3n) is 5.14. The summed E-state index contributed by atoms with van der Waals surface area (Å²) in [7, 11) is 0. The molecule has 2 aliphatic rings. The molecule has 3 amide bonds. The highest BCUT2D eigenvalue weighted by atomic mass is 35.5. The second-order valence-electron chi connectivity index (χ2n) is 7.05. The first-order chi connectivity index (χ1) is 13.5. The Bertz CT molecular complexity index is 946. The number of carbonyl (C=O) groups excluding carboxylic acids is 3. The summed E-state index contributed by atoms with van der Waals surface area (Å²) in [6.07, 6.45) is 1.54. The Hall–Kier alpha value is -2.86. The molecule has 1 atom stereocenters. The Labute approximate surface area is 168 Å². The molecule has 2 aliphatic heterocycles. The quantitative estimate of drug-likeness (QED) is 0.858. The van der Waals surface area contributed by atoms with Crippen molar-refractivity contribution in [1.82, 2.24) is 0 Å². The number of amides is 3. The Kier molecular flexibility index (Phi) is 5.05. The SMILES string of the molecule is O=C(Nc1cccc(N2CCCC2=O)c1)[C@H]1CC(=O)N(c2ccccc2Cl)C1. The van der Waals surface area contributed by atoms with E-state index in [0.717, 1.165) is 12.1 Å². The van der Waals surface area contributed by atoms with Gasteiger partial charge >= 0.3 is 0 Å². The van der Waals surface area contributed by atoms with Crippen LogP contribution in [0.5, 0.6) is 0 Å². The molecule has 0 spiro atoms. The molecule has 2 aromatic carbocycles. The Balaban J connectivity index is 1.45. The lowest BCUT2D eigenvalue weighted by Crippen LogP contribution is -2.28. The molecule has 2 heterocycles. The molecule has 144 valence electrons. The minimum Gasteiger partial charge on any atom is -0.326 e. The van der Waals surface area contributed by atoms with Crippen LogP contribution in [0.3, 0.4) is 0 Å². The summed E-state index contributed by atoms with van der Waals surface area (Å²) < 4.78 is 0. The van der Waals surface area contributed by atoms with Crippen LogP contribution in [0.4, 0.5) is 17.1 Å². The van der Waals surface area contributed by atoms with E-state index in [1.807, 2.05) is 18.2 Å². The number of nitrogens with zero attached hydrogens (tertiary/aromatic N) is 2. The number of rotatable bonds is 4. The normalized spacial score (nSPS) is 19.4. The summed E-state index contributed by atoms with van der Waals surface area (Å²) in [4.78, 5) is 40.3. The number of nitrogens with one attached hydrogen (secondary N) is 1. The molecular weight excluding hydrogens is 378 g/mol. The van der Waals surface area contributed by atoms with Crippen molar-refractivity contribution >= 4 is 46.4 Å². The van der Waals surface area contributed by atoms with E-state index in [1.165, 1.54) is 0 Å². The average molecular weight is 398 g/mol. The predicted molar refractivity (Wildman–Crippen MR) is 109 cm³/mol. The minimum absolute atomic E-state index is 0.0975. The third kappa shape index (κ3) is 3.60. The number of benzene rings is 2. The molecule has 2 saturated heterocycles. The first-order valence-corrected chi connectivity index (χ1v) is 9.67. The number of hydrogen-bond donors (Lipinski definition) is 1. The number of carbonyl (C=O) groups is 3. The lowest BCUT2D eigenvalue weighted by molar-refractivity contribution is -0.122. The molecule has 2 fully saturated rings. The van der Waals surface area contributed by atoms with Gasteiger partial charge in [-0.25, -0.2) is 0 Å². The van der Waals surface area contributed by atoms with E-state index in [2.05, 4.69) is 5.32 Å². The van der Waals surface area contributed by atoms with Crippen LogP contribution < -0.4 is 15.1 Å². The van der Waals surface area contributed by atoms with Crippen molar-refractivity contribution in [2.24, 2.45) is 5.92 Å². The molecule has 28 heavy (non-hydrogen) atoms. The Morgan fingerprint density at radius 2 is 1.86 bits per heavy atom. The topological polar surface area (TPSA) is 69.7 Å². The van der Waals surface area contributed by atoms with Gasteiger partial charge in [0, 0.05) is 37.3 Å². The van der Waals surface area contributed by atoms with Gasteiger partial charge in [-0.15, -0.1) is 0 Å². The zero-order chi connectivity index (χ0) is 19.7. The summed E-state index contributed by atoms with van der Waals surface area (Å²) in [6, 6.07) is 14.4. The second kappa shape index (κ2) is 7.64. The van der Waals surface area contributed by atoms with Crippen molar-refractivity contribution in [3.63, 3.8) is 0 Å². The van der Waals surface area contributed by atoms with E-state index in [4.69, 9.17) is 11.6 Å². The maximum Gasteiger partial charge on any atom is 0.229 e. The largest absolute Gasteiger partial charge is 0.326 e. The van der Waals surface area contributed by atoms with Crippen molar-refractivity contribution in [2.75, 3.05) is 28.2 Å². The van der Waals surface area contributed by atoms with Crippen LogP contribution in [0, 0.1) is 5.92 Å². The van der Waals surface area contributed by atoms with Crippen LogP contribution in [0.25, 0.3) is 0 Å². The van der Waals surface area contributed by atoms with Gasteiger partial charge in [-0.1, -0.05) is 29.8 Å². The van der Waals surface area contributed by atoms with Gasteiger partial charge in [0.25, 0.3) is 0 Å². The maximum absolute atomic E-state index is 12.7. The van der Waals surface area contributed by atoms with Gasteiger partial charge in [0.1, 0.15) is 0 Å². The summed E-state index contributed by atoms with van der Waals surface area (Å²) in [5.41, 5.74) is 2.02. The van der Waals surface area contributed by atoms with Crippen LogP contribution in [-0.4, -0.2) is 30.8 Å². The van der Waals surface area contributed by atoms with Crippen molar-refractivity contribution in [3.8, 4) is 0 Å². The molecule has 0 saturated carbocycles. The Morgan fingerprint density at radius 3 is 2.61 bits per heavy atom. The fourth-order valence-electron chi connectivity index (χ4n) is 3.70. The monoisotopic (exact) mass is 397 g/mol. The summed E-state index contributed by atoms with van der Waals surface area (Å²) in [6.45, 7) is 0.985. The van der Waals surface area contributed by atoms with E-state index in [9.17, 15) is 14.4 Å². The van der Waals surface area contributed by atoms with Crippen molar-refractivity contribution < 1.29 is 14.4 Å². The summed E-state index contributed by atoms with van der Waals surface area (Å²) in [5, 5.41) is 3.37. The fourth-order valence-corrected chi connectivity index (χ4v) is 3.94. The molecule has 0 bridgehead atoms. The standard InChI is InChI=1S/C21H20ClN3O3/c22-17-7-1-2-8-18(17)25-13-14(11-20(25)27)21(28)23-15-5-3-6-16(12-15)24-10-4-9-19(24)26/h1-3,5-8,12,14H,4,9-11,13H2,(H,23,28)/t14-/m0/s1. The van der Waals surface area contributed by atoms with Gasteiger partial charge in [-0.05, 0) is 36.8 Å². The number of para-hydroxylation sites is 1. The minimum atomic E-state index is -0.458. The highest BCUT2D eigenvalue weighted by molar-refractivity contribution is 6.33. The molecule has 0 radical (unpaired) electrons. The zero-order valence-corrected chi connectivity index (χ0v) is 16.0. The second-order valence-corrected chi connectivity index (χ2v) is 7.45. The maximum atomic E-state index is 12.7.